The zero-order chi connectivity index (χ0) is 25.2. The van der Waals surface area contributed by atoms with E-state index in [0.29, 0.717) is 36.9 Å². The molecule has 186 valence electrons. The number of imidazole rings is 1. The number of hydrogen-bond donors (Lipinski definition) is 1. The maximum absolute atomic E-state index is 13.4. The van der Waals surface area contributed by atoms with Crippen molar-refractivity contribution in [3.05, 3.63) is 90.0 Å². The topological polar surface area (TPSA) is 67.6 Å². The van der Waals surface area contributed by atoms with Gasteiger partial charge in [-0.15, -0.1) is 0 Å². The van der Waals surface area contributed by atoms with E-state index < -0.39 is 6.10 Å². The summed E-state index contributed by atoms with van der Waals surface area (Å²) >= 11 is 0. The van der Waals surface area contributed by atoms with Gasteiger partial charge in [-0.1, -0.05) is 38.1 Å². The maximum atomic E-state index is 13.4. The molecule has 1 aromatic heterocycles. The second-order valence-corrected chi connectivity index (χ2v) is 9.64. The highest BCUT2D eigenvalue weighted by Gasteiger charge is 2.35. The van der Waals surface area contributed by atoms with Gasteiger partial charge in [-0.3, -0.25) is 4.79 Å². The molecule has 1 saturated heterocycles. The number of nitrogens with zero attached hydrogens (tertiary/aromatic N) is 3. The van der Waals surface area contributed by atoms with Crippen LogP contribution in [0.5, 0.6) is 5.75 Å². The fraction of sp³-hybridized carbons (Fsp3) is 0.310. The Hall–Kier alpha value is -3.71. The van der Waals surface area contributed by atoms with Gasteiger partial charge in [0.15, 0.2) is 0 Å². The van der Waals surface area contributed by atoms with Crippen molar-refractivity contribution in [3.63, 3.8) is 0 Å². The zero-order valence-corrected chi connectivity index (χ0v) is 20.5. The third-order valence-corrected chi connectivity index (χ3v) is 6.70. The van der Waals surface area contributed by atoms with E-state index in [9.17, 15) is 14.3 Å². The summed E-state index contributed by atoms with van der Waals surface area (Å²) in [5, 5.41) is 10.9. The summed E-state index contributed by atoms with van der Waals surface area (Å²) in [4.78, 5) is 19.4. The van der Waals surface area contributed by atoms with Gasteiger partial charge >= 0.3 is 0 Å². The Morgan fingerprint density at radius 3 is 2.50 bits per heavy atom. The second-order valence-electron chi connectivity index (χ2n) is 9.64. The van der Waals surface area contributed by atoms with Crippen LogP contribution in [0.25, 0.3) is 11.0 Å². The number of benzene rings is 3. The lowest BCUT2D eigenvalue weighted by atomic mass is 10.0. The minimum atomic E-state index is -0.767. The number of anilines is 1. The lowest BCUT2D eigenvalue weighted by Crippen LogP contribution is -2.26. The van der Waals surface area contributed by atoms with Crippen molar-refractivity contribution < 1.29 is 19.0 Å². The molecule has 0 saturated carbocycles. The number of carbonyl (C=O) groups is 1. The molecule has 2 heterocycles. The van der Waals surface area contributed by atoms with Gasteiger partial charge in [-0.25, -0.2) is 9.37 Å². The number of carbonyl (C=O) groups excluding carboxylic acids is 1. The fourth-order valence-corrected chi connectivity index (χ4v) is 4.75. The quantitative estimate of drug-likeness (QED) is 0.368. The SMILES string of the molecule is CC(C)c1ccc(OC[C@@H](O)Cn2c([C@H]3CC(=O)N(c4ccc(F)cc4)C3)nc3ccccc32)cc1. The largest absolute Gasteiger partial charge is 0.491 e. The summed E-state index contributed by atoms with van der Waals surface area (Å²) in [6.45, 7) is 5.16. The average molecular weight is 488 g/mol. The van der Waals surface area contributed by atoms with E-state index in [0.717, 1.165) is 16.9 Å². The summed E-state index contributed by atoms with van der Waals surface area (Å²) in [5.41, 5.74) is 3.62. The van der Waals surface area contributed by atoms with Crippen LogP contribution < -0.4 is 9.64 Å². The van der Waals surface area contributed by atoms with E-state index in [4.69, 9.17) is 9.72 Å². The molecule has 1 aliphatic rings. The molecule has 6 nitrogen and oxygen atoms in total. The number of aromatic nitrogens is 2. The molecule has 2 atom stereocenters. The van der Waals surface area contributed by atoms with Crippen LogP contribution in [0.3, 0.4) is 0 Å². The van der Waals surface area contributed by atoms with Crippen LogP contribution in [0.1, 0.15) is 43.5 Å². The first-order valence-corrected chi connectivity index (χ1v) is 12.3. The van der Waals surface area contributed by atoms with Crippen molar-refractivity contribution in [2.24, 2.45) is 0 Å². The minimum Gasteiger partial charge on any atom is -0.491 e. The Bertz CT molecular complexity index is 1350. The van der Waals surface area contributed by atoms with Gasteiger partial charge < -0.3 is 19.3 Å². The average Bonchev–Trinajstić information content (AvgIpc) is 3.44. The molecule has 1 N–H and O–H groups in total. The summed E-state index contributed by atoms with van der Waals surface area (Å²) < 4.78 is 21.2. The number of halogens is 1. The van der Waals surface area contributed by atoms with E-state index in [1.807, 2.05) is 53.1 Å². The Morgan fingerprint density at radius 2 is 1.78 bits per heavy atom. The minimum absolute atomic E-state index is 0.0288. The molecule has 0 aliphatic carbocycles. The number of aliphatic hydroxyl groups excluding tert-OH is 1. The van der Waals surface area contributed by atoms with Crippen molar-refractivity contribution in [1.82, 2.24) is 9.55 Å². The van der Waals surface area contributed by atoms with Gasteiger partial charge in [0, 0.05) is 24.6 Å². The molecule has 0 radical (unpaired) electrons. The molecular formula is C29H30FN3O3. The molecule has 3 aromatic carbocycles. The number of hydrogen-bond acceptors (Lipinski definition) is 4. The van der Waals surface area contributed by atoms with Gasteiger partial charge in [0.2, 0.25) is 5.91 Å². The standard InChI is InChI=1S/C29H30FN3O3/c1-19(2)20-7-13-25(14-8-20)36-18-24(34)17-33-27-6-4-3-5-26(27)31-29(33)21-15-28(35)32(16-21)23-11-9-22(30)10-12-23/h3-14,19,21,24,34H,15-18H2,1-2H3/t21-,24-/m0/s1. The maximum Gasteiger partial charge on any atom is 0.227 e. The van der Waals surface area contributed by atoms with Crippen LogP contribution in [0.15, 0.2) is 72.8 Å². The molecule has 0 bridgehead atoms. The van der Waals surface area contributed by atoms with E-state index >= 15 is 0 Å². The van der Waals surface area contributed by atoms with Crippen molar-refractivity contribution in [1.29, 1.82) is 0 Å². The molecular weight excluding hydrogens is 457 g/mol. The normalized spacial score (nSPS) is 16.8. The van der Waals surface area contributed by atoms with Gasteiger partial charge in [0.05, 0.1) is 17.6 Å². The lowest BCUT2D eigenvalue weighted by Gasteiger charge is -2.19. The number of ether oxygens (including phenoxy) is 1. The second kappa shape index (κ2) is 10.1. The van der Waals surface area contributed by atoms with Gasteiger partial charge in [0.25, 0.3) is 0 Å². The third kappa shape index (κ3) is 4.97. The molecule has 7 heteroatoms. The molecule has 0 unspecified atom stereocenters. The van der Waals surface area contributed by atoms with E-state index in [2.05, 4.69) is 13.8 Å². The fourth-order valence-electron chi connectivity index (χ4n) is 4.75. The van der Waals surface area contributed by atoms with Crippen LogP contribution >= 0.6 is 0 Å². The number of aliphatic hydroxyl groups is 1. The van der Waals surface area contributed by atoms with Crippen LogP contribution in [-0.2, 0) is 11.3 Å². The van der Waals surface area contributed by atoms with Crippen LogP contribution in [0, 0.1) is 5.82 Å². The molecule has 1 fully saturated rings. The Kier molecular flexibility index (Phi) is 6.74. The zero-order valence-electron chi connectivity index (χ0n) is 20.5. The first-order chi connectivity index (χ1) is 17.4. The highest BCUT2D eigenvalue weighted by atomic mass is 19.1. The Labute approximate surface area is 210 Å². The highest BCUT2D eigenvalue weighted by Crippen LogP contribution is 2.33. The number of para-hydroxylation sites is 2. The molecule has 36 heavy (non-hydrogen) atoms. The predicted octanol–water partition coefficient (Wildman–Crippen LogP) is 5.26. The smallest absolute Gasteiger partial charge is 0.227 e. The van der Waals surface area contributed by atoms with Crippen molar-refractivity contribution in [2.45, 2.75) is 44.8 Å². The molecule has 4 aromatic rings. The number of fused-ring (bicyclic) bond motifs is 1. The summed E-state index contributed by atoms with van der Waals surface area (Å²) in [6.07, 6.45) is -0.466. The lowest BCUT2D eigenvalue weighted by molar-refractivity contribution is -0.117. The van der Waals surface area contributed by atoms with Crippen molar-refractivity contribution in [2.75, 3.05) is 18.1 Å². The van der Waals surface area contributed by atoms with Crippen molar-refractivity contribution in [3.8, 4) is 5.75 Å². The molecule has 5 rings (SSSR count). The molecule has 1 amide bonds. The summed E-state index contributed by atoms with van der Waals surface area (Å²) in [5.74, 6) is 1.40. The molecule has 1 aliphatic heterocycles. The summed E-state index contributed by atoms with van der Waals surface area (Å²) in [6, 6.07) is 21.7. The predicted molar refractivity (Wildman–Crippen MR) is 138 cm³/mol. The highest BCUT2D eigenvalue weighted by molar-refractivity contribution is 5.96. The van der Waals surface area contributed by atoms with E-state index in [1.165, 1.54) is 17.7 Å². The van der Waals surface area contributed by atoms with E-state index in [-0.39, 0.29) is 24.2 Å². The Morgan fingerprint density at radius 1 is 1.06 bits per heavy atom. The number of amides is 1. The van der Waals surface area contributed by atoms with Crippen LogP contribution in [-0.4, -0.2) is 39.8 Å². The van der Waals surface area contributed by atoms with Crippen molar-refractivity contribution >= 4 is 22.6 Å². The number of rotatable bonds is 8. The van der Waals surface area contributed by atoms with E-state index in [1.54, 1.807) is 17.0 Å². The van der Waals surface area contributed by atoms with Gasteiger partial charge in [-0.2, -0.15) is 0 Å². The van der Waals surface area contributed by atoms with Gasteiger partial charge in [-0.05, 0) is 60.0 Å². The first-order valence-electron chi connectivity index (χ1n) is 12.3. The first kappa shape index (κ1) is 24.0. The molecule has 0 spiro atoms. The van der Waals surface area contributed by atoms with Crippen LogP contribution in [0.4, 0.5) is 10.1 Å². The van der Waals surface area contributed by atoms with Crippen LogP contribution in [0.2, 0.25) is 0 Å². The third-order valence-electron chi connectivity index (χ3n) is 6.70. The summed E-state index contributed by atoms with van der Waals surface area (Å²) in [7, 11) is 0. The monoisotopic (exact) mass is 487 g/mol. The van der Waals surface area contributed by atoms with Gasteiger partial charge in [0.1, 0.15) is 30.1 Å². The Balaban J connectivity index is 1.34.